The van der Waals surface area contributed by atoms with Crippen LogP contribution in [0.2, 0.25) is 0 Å². The maximum absolute atomic E-state index is 13.6. The van der Waals surface area contributed by atoms with Crippen molar-refractivity contribution in [1.29, 1.82) is 0 Å². The van der Waals surface area contributed by atoms with Gasteiger partial charge in [-0.25, -0.2) is 13.8 Å². The SMILES string of the molecule is CCOc1ccccc1N(CC(=O)NN=C1CCC(C(C)(C)C)CC1)S(=O)(=O)c1ccc(C)cc1. The van der Waals surface area contributed by atoms with E-state index < -0.39 is 22.5 Å². The number of anilines is 1. The summed E-state index contributed by atoms with van der Waals surface area (Å²) in [4.78, 5) is 13.0. The van der Waals surface area contributed by atoms with Crippen molar-refractivity contribution >= 4 is 27.3 Å². The molecule has 0 bridgehead atoms. The van der Waals surface area contributed by atoms with Gasteiger partial charge in [0.25, 0.3) is 15.9 Å². The van der Waals surface area contributed by atoms with E-state index in [0.29, 0.717) is 24.0 Å². The van der Waals surface area contributed by atoms with E-state index in [4.69, 9.17) is 4.74 Å². The number of hydrogen-bond acceptors (Lipinski definition) is 5. The Bertz CT molecular complexity index is 1140. The number of para-hydroxylation sites is 2. The van der Waals surface area contributed by atoms with Crippen LogP contribution in [-0.4, -0.2) is 33.2 Å². The second kappa shape index (κ2) is 11.2. The third-order valence-electron chi connectivity index (χ3n) is 6.46. The minimum Gasteiger partial charge on any atom is -0.492 e. The molecule has 1 aliphatic rings. The lowest BCUT2D eigenvalue weighted by atomic mass is 9.72. The summed E-state index contributed by atoms with van der Waals surface area (Å²) >= 11 is 0. The van der Waals surface area contributed by atoms with Crippen molar-refractivity contribution in [3.63, 3.8) is 0 Å². The molecule has 1 amide bonds. The molecule has 1 N–H and O–H groups in total. The van der Waals surface area contributed by atoms with E-state index in [1.807, 2.05) is 13.8 Å². The zero-order chi connectivity index (χ0) is 25.6. The monoisotopic (exact) mass is 499 g/mol. The molecule has 3 rings (SSSR count). The summed E-state index contributed by atoms with van der Waals surface area (Å²) in [6.07, 6.45) is 3.74. The molecule has 0 atom stereocenters. The summed E-state index contributed by atoms with van der Waals surface area (Å²) in [6, 6.07) is 13.4. The summed E-state index contributed by atoms with van der Waals surface area (Å²) in [5.74, 6) is 0.519. The maximum atomic E-state index is 13.6. The number of sulfonamides is 1. The zero-order valence-corrected chi connectivity index (χ0v) is 22.2. The van der Waals surface area contributed by atoms with Crippen molar-refractivity contribution in [1.82, 2.24) is 5.43 Å². The van der Waals surface area contributed by atoms with Crippen molar-refractivity contribution in [2.24, 2.45) is 16.4 Å². The molecule has 0 spiro atoms. The van der Waals surface area contributed by atoms with Gasteiger partial charge in [0.1, 0.15) is 12.3 Å². The van der Waals surface area contributed by atoms with Crippen LogP contribution in [-0.2, 0) is 14.8 Å². The van der Waals surface area contributed by atoms with Gasteiger partial charge in [-0.3, -0.25) is 9.10 Å². The van der Waals surface area contributed by atoms with Gasteiger partial charge < -0.3 is 4.74 Å². The molecule has 35 heavy (non-hydrogen) atoms. The first-order valence-electron chi connectivity index (χ1n) is 12.2. The van der Waals surface area contributed by atoms with Gasteiger partial charge in [-0.2, -0.15) is 5.10 Å². The van der Waals surface area contributed by atoms with Crippen molar-refractivity contribution in [2.45, 2.75) is 65.2 Å². The fourth-order valence-corrected chi connectivity index (χ4v) is 5.75. The highest BCUT2D eigenvalue weighted by atomic mass is 32.2. The van der Waals surface area contributed by atoms with E-state index in [2.05, 4.69) is 31.3 Å². The van der Waals surface area contributed by atoms with Crippen LogP contribution in [0.15, 0.2) is 58.5 Å². The van der Waals surface area contributed by atoms with Gasteiger partial charge in [-0.15, -0.1) is 0 Å². The van der Waals surface area contributed by atoms with Crippen molar-refractivity contribution in [3.8, 4) is 5.75 Å². The van der Waals surface area contributed by atoms with Crippen LogP contribution in [0.3, 0.4) is 0 Å². The molecule has 1 saturated carbocycles. The van der Waals surface area contributed by atoms with Crippen LogP contribution < -0.4 is 14.5 Å². The molecule has 2 aromatic carbocycles. The van der Waals surface area contributed by atoms with Gasteiger partial charge in [-0.1, -0.05) is 50.6 Å². The van der Waals surface area contributed by atoms with Gasteiger partial charge >= 0.3 is 0 Å². The Kier molecular flexibility index (Phi) is 8.59. The van der Waals surface area contributed by atoms with Gasteiger partial charge in [0.05, 0.1) is 17.2 Å². The Labute approximate surface area is 209 Å². The highest BCUT2D eigenvalue weighted by molar-refractivity contribution is 7.92. The Balaban J connectivity index is 1.83. The molecule has 2 aromatic rings. The van der Waals surface area contributed by atoms with Crippen molar-refractivity contribution in [3.05, 3.63) is 54.1 Å². The number of carbonyl (C=O) groups excluding carboxylic acids is 1. The van der Waals surface area contributed by atoms with Crippen LogP contribution >= 0.6 is 0 Å². The van der Waals surface area contributed by atoms with Crippen LogP contribution in [0.25, 0.3) is 0 Å². The predicted octanol–water partition coefficient (Wildman–Crippen LogP) is 5.30. The molecule has 0 unspecified atom stereocenters. The molecule has 1 aliphatic carbocycles. The third kappa shape index (κ3) is 6.84. The third-order valence-corrected chi connectivity index (χ3v) is 8.23. The maximum Gasteiger partial charge on any atom is 0.264 e. The van der Waals surface area contributed by atoms with E-state index in [9.17, 15) is 13.2 Å². The minimum atomic E-state index is -4.03. The number of hydrazone groups is 1. The molecule has 0 heterocycles. The molecule has 0 radical (unpaired) electrons. The Morgan fingerprint density at radius 2 is 1.71 bits per heavy atom. The van der Waals surface area contributed by atoms with Gasteiger partial charge in [0.2, 0.25) is 0 Å². The van der Waals surface area contributed by atoms with Crippen LogP contribution in [0.5, 0.6) is 5.75 Å². The second-order valence-corrected chi connectivity index (χ2v) is 11.9. The number of carbonyl (C=O) groups is 1. The van der Waals surface area contributed by atoms with E-state index in [1.54, 1.807) is 48.5 Å². The number of rotatable bonds is 8. The number of amides is 1. The first kappa shape index (κ1) is 26.7. The Morgan fingerprint density at radius 1 is 1.09 bits per heavy atom. The van der Waals surface area contributed by atoms with Crippen LogP contribution in [0, 0.1) is 18.3 Å². The van der Waals surface area contributed by atoms with Gasteiger partial charge in [0, 0.05) is 5.71 Å². The smallest absolute Gasteiger partial charge is 0.264 e. The highest BCUT2D eigenvalue weighted by Gasteiger charge is 2.30. The number of benzene rings is 2. The average molecular weight is 500 g/mol. The van der Waals surface area contributed by atoms with Crippen molar-refractivity contribution < 1.29 is 17.9 Å². The lowest BCUT2D eigenvalue weighted by Gasteiger charge is -2.34. The molecule has 0 aliphatic heterocycles. The topological polar surface area (TPSA) is 88.1 Å². The van der Waals surface area contributed by atoms with Crippen LogP contribution in [0.4, 0.5) is 5.69 Å². The zero-order valence-electron chi connectivity index (χ0n) is 21.4. The fraction of sp³-hybridized carbons (Fsp3) is 0.481. The Morgan fingerprint density at radius 3 is 2.31 bits per heavy atom. The van der Waals surface area contributed by atoms with E-state index >= 15 is 0 Å². The summed E-state index contributed by atoms with van der Waals surface area (Å²) in [7, 11) is -4.03. The molecular weight excluding hydrogens is 462 g/mol. The van der Waals surface area contributed by atoms with E-state index in [-0.39, 0.29) is 10.3 Å². The Hall–Kier alpha value is -2.87. The number of ether oxygens (including phenoxy) is 1. The number of aryl methyl sites for hydroxylation is 1. The number of nitrogens with zero attached hydrogens (tertiary/aromatic N) is 2. The molecule has 0 aromatic heterocycles. The van der Waals surface area contributed by atoms with Crippen LogP contribution in [0.1, 0.15) is 58.9 Å². The summed E-state index contributed by atoms with van der Waals surface area (Å²) < 4.78 is 34.0. The molecule has 8 heteroatoms. The molecule has 0 saturated heterocycles. The largest absolute Gasteiger partial charge is 0.492 e. The highest BCUT2D eigenvalue weighted by Crippen LogP contribution is 2.37. The normalized spacial score (nSPS) is 16.5. The average Bonchev–Trinajstić information content (AvgIpc) is 2.82. The predicted molar refractivity (Wildman–Crippen MR) is 140 cm³/mol. The number of hydrogen-bond donors (Lipinski definition) is 1. The fourth-order valence-electron chi connectivity index (χ4n) is 4.31. The summed E-state index contributed by atoms with van der Waals surface area (Å²) in [5, 5.41) is 4.34. The quantitative estimate of drug-likeness (QED) is 0.500. The lowest BCUT2D eigenvalue weighted by molar-refractivity contribution is -0.119. The first-order valence-corrected chi connectivity index (χ1v) is 13.6. The molecule has 190 valence electrons. The van der Waals surface area contributed by atoms with E-state index in [1.165, 1.54) is 0 Å². The van der Waals surface area contributed by atoms with E-state index in [0.717, 1.165) is 41.3 Å². The minimum absolute atomic E-state index is 0.106. The first-order chi connectivity index (χ1) is 16.5. The number of nitrogens with one attached hydrogen (secondary N) is 1. The second-order valence-electron chi connectivity index (χ2n) is 10.1. The molecule has 1 fully saturated rings. The molecular formula is C27H37N3O4S. The lowest BCUT2D eigenvalue weighted by Crippen LogP contribution is -2.40. The standard InChI is InChI=1S/C27H37N3O4S/c1-6-34-25-10-8-7-9-24(25)30(35(32,33)23-17-11-20(2)12-18-23)19-26(31)29-28-22-15-13-21(14-16-22)27(3,4)5/h7-12,17-18,21H,6,13-16,19H2,1-5H3,(H,29,31). The summed E-state index contributed by atoms with van der Waals surface area (Å²) in [5.41, 5.74) is 5.05. The van der Waals surface area contributed by atoms with Crippen molar-refractivity contribution in [2.75, 3.05) is 17.5 Å². The van der Waals surface area contributed by atoms with Gasteiger partial charge in [-0.05, 0) is 75.1 Å². The van der Waals surface area contributed by atoms with Gasteiger partial charge in [0.15, 0.2) is 0 Å². The summed E-state index contributed by atoms with van der Waals surface area (Å²) in [6.45, 7) is 10.4. The molecule has 7 nitrogen and oxygen atoms in total.